The second-order valence-corrected chi connectivity index (χ2v) is 5.95. The summed E-state index contributed by atoms with van der Waals surface area (Å²) in [6.07, 6.45) is 1.03. The van der Waals surface area contributed by atoms with Gasteiger partial charge in [0.15, 0.2) is 0 Å². The molecule has 0 fully saturated rings. The third-order valence-electron chi connectivity index (χ3n) is 4.46. The molecule has 122 valence electrons. The molecule has 2 aromatic rings. The summed E-state index contributed by atoms with van der Waals surface area (Å²) in [5.74, 6) is 0.200. The minimum atomic E-state index is -0.430. The van der Waals surface area contributed by atoms with Crippen LogP contribution in [0.25, 0.3) is 0 Å². The first-order valence-corrected chi connectivity index (χ1v) is 7.65. The number of fused-ring (bicyclic) bond motifs is 1. The molecule has 0 spiro atoms. The molecule has 0 aliphatic carbocycles. The molecule has 7 nitrogen and oxygen atoms in total. The SMILES string of the molecule is CN1CCc2ccccc2C1CNc1nn(C)c(=O)n(C)c1=O. The van der Waals surface area contributed by atoms with Crippen LogP contribution in [0.4, 0.5) is 5.82 Å². The number of aryl methyl sites for hydroxylation is 1. The fourth-order valence-electron chi connectivity index (χ4n) is 3.05. The lowest BCUT2D eigenvalue weighted by Gasteiger charge is -2.34. The lowest BCUT2D eigenvalue weighted by Crippen LogP contribution is -2.41. The van der Waals surface area contributed by atoms with Gasteiger partial charge in [-0.05, 0) is 24.6 Å². The monoisotopic (exact) mass is 315 g/mol. The van der Waals surface area contributed by atoms with E-state index in [2.05, 4.69) is 40.6 Å². The number of benzene rings is 1. The molecule has 1 aromatic heterocycles. The number of anilines is 1. The van der Waals surface area contributed by atoms with Gasteiger partial charge in [0, 0.05) is 27.2 Å². The number of hydrogen-bond donors (Lipinski definition) is 1. The van der Waals surface area contributed by atoms with E-state index in [0.29, 0.717) is 6.54 Å². The smallest absolute Gasteiger partial charge is 0.346 e. The van der Waals surface area contributed by atoms with E-state index in [-0.39, 0.29) is 11.9 Å². The molecule has 23 heavy (non-hydrogen) atoms. The van der Waals surface area contributed by atoms with Crippen molar-refractivity contribution in [3.8, 4) is 0 Å². The second-order valence-electron chi connectivity index (χ2n) is 5.95. The molecule has 1 aliphatic rings. The summed E-state index contributed by atoms with van der Waals surface area (Å²) in [6, 6.07) is 8.54. The minimum Gasteiger partial charge on any atom is -0.362 e. The van der Waals surface area contributed by atoms with Crippen LogP contribution in [-0.2, 0) is 20.5 Å². The molecule has 0 saturated heterocycles. The van der Waals surface area contributed by atoms with Crippen LogP contribution in [0.3, 0.4) is 0 Å². The maximum Gasteiger partial charge on any atom is 0.346 e. The first kappa shape index (κ1) is 15.5. The standard InChI is InChI=1S/C16H21N5O2/c1-19-9-8-11-6-4-5-7-12(11)13(19)10-17-14-15(22)20(2)16(23)21(3)18-14/h4-7,13H,8-10H2,1-3H3,(H,17,18). The van der Waals surface area contributed by atoms with E-state index in [9.17, 15) is 9.59 Å². The van der Waals surface area contributed by atoms with Gasteiger partial charge < -0.3 is 5.32 Å². The van der Waals surface area contributed by atoms with Crippen molar-refractivity contribution in [3.63, 3.8) is 0 Å². The van der Waals surface area contributed by atoms with Crippen LogP contribution >= 0.6 is 0 Å². The molecule has 0 bridgehead atoms. The predicted molar refractivity (Wildman–Crippen MR) is 88.7 cm³/mol. The largest absolute Gasteiger partial charge is 0.362 e. The van der Waals surface area contributed by atoms with Gasteiger partial charge in [0.2, 0.25) is 5.82 Å². The van der Waals surface area contributed by atoms with Crippen LogP contribution in [0.1, 0.15) is 17.2 Å². The van der Waals surface area contributed by atoms with E-state index in [1.807, 2.05) is 6.07 Å². The average Bonchev–Trinajstić information content (AvgIpc) is 2.56. The summed E-state index contributed by atoms with van der Waals surface area (Å²) >= 11 is 0. The molecule has 3 rings (SSSR count). The fraction of sp³-hybridized carbons (Fsp3) is 0.438. The third kappa shape index (κ3) is 2.79. The Kier molecular flexibility index (Phi) is 4.04. The van der Waals surface area contributed by atoms with Crippen LogP contribution in [0.2, 0.25) is 0 Å². The number of nitrogens with zero attached hydrogens (tertiary/aromatic N) is 4. The van der Waals surface area contributed by atoms with Crippen LogP contribution in [0.15, 0.2) is 33.9 Å². The first-order valence-electron chi connectivity index (χ1n) is 7.65. The van der Waals surface area contributed by atoms with E-state index in [1.165, 1.54) is 29.9 Å². The summed E-state index contributed by atoms with van der Waals surface area (Å²) in [6.45, 7) is 1.54. The van der Waals surface area contributed by atoms with Gasteiger partial charge in [0.1, 0.15) is 0 Å². The molecule has 2 heterocycles. The van der Waals surface area contributed by atoms with E-state index < -0.39 is 11.2 Å². The summed E-state index contributed by atoms with van der Waals surface area (Å²) in [5, 5.41) is 7.16. The van der Waals surface area contributed by atoms with Crippen LogP contribution in [-0.4, -0.2) is 39.4 Å². The highest BCUT2D eigenvalue weighted by atomic mass is 16.2. The molecule has 0 radical (unpaired) electrons. The lowest BCUT2D eigenvalue weighted by molar-refractivity contribution is 0.240. The molecule has 1 unspecified atom stereocenters. The van der Waals surface area contributed by atoms with Crippen LogP contribution in [0.5, 0.6) is 0 Å². The molecule has 1 aromatic carbocycles. The Hall–Kier alpha value is -2.41. The highest BCUT2D eigenvalue weighted by Gasteiger charge is 2.24. The van der Waals surface area contributed by atoms with Gasteiger partial charge >= 0.3 is 5.69 Å². The zero-order valence-electron chi connectivity index (χ0n) is 13.6. The van der Waals surface area contributed by atoms with E-state index in [1.54, 1.807) is 0 Å². The highest BCUT2D eigenvalue weighted by molar-refractivity contribution is 5.36. The Bertz CT molecular complexity index is 839. The summed E-state index contributed by atoms with van der Waals surface area (Å²) in [7, 11) is 5.07. The van der Waals surface area contributed by atoms with Crippen molar-refractivity contribution < 1.29 is 0 Å². The third-order valence-corrected chi connectivity index (χ3v) is 4.46. The normalized spacial score (nSPS) is 17.8. The van der Waals surface area contributed by atoms with Crippen molar-refractivity contribution in [1.82, 2.24) is 19.2 Å². The molecule has 1 atom stereocenters. The molecular formula is C16H21N5O2. The van der Waals surface area contributed by atoms with Crippen molar-refractivity contribution in [1.29, 1.82) is 0 Å². The fourth-order valence-corrected chi connectivity index (χ4v) is 3.05. The van der Waals surface area contributed by atoms with Crippen LogP contribution < -0.4 is 16.6 Å². The summed E-state index contributed by atoms with van der Waals surface area (Å²) < 4.78 is 2.23. The Morgan fingerprint density at radius 3 is 2.74 bits per heavy atom. The van der Waals surface area contributed by atoms with Crippen molar-refractivity contribution in [2.24, 2.45) is 14.1 Å². The molecule has 1 N–H and O–H groups in total. The Balaban J connectivity index is 1.87. The van der Waals surface area contributed by atoms with Gasteiger partial charge in [-0.3, -0.25) is 14.3 Å². The van der Waals surface area contributed by atoms with Crippen molar-refractivity contribution in [2.75, 3.05) is 25.5 Å². The number of nitrogens with one attached hydrogen (secondary N) is 1. The van der Waals surface area contributed by atoms with Crippen molar-refractivity contribution in [3.05, 3.63) is 56.2 Å². The van der Waals surface area contributed by atoms with Gasteiger partial charge in [0.25, 0.3) is 5.56 Å². The maximum atomic E-state index is 12.2. The molecule has 0 saturated carbocycles. The van der Waals surface area contributed by atoms with Crippen LogP contribution in [0, 0.1) is 0 Å². The van der Waals surface area contributed by atoms with E-state index >= 15 is 0 Å². The zero-order chi connectivity index (χ0) is 16.6. The highest BCUT2D eigenvalue weighted by Crippen LogP contribution is 2.28. The van der Waals surface area contributed by atoms with Crippen molar-refractivity contribution in [2.45, 2.75) is 12.5 Å². The van der Waals surface area contributed by atoms with E-state index in [0.717, 1.165) is 17.5 Å². The Morgan fingerprint density at radius 1 is 1.22 bits per heavy atom. The number of hydrogen-bond acceptors (Lipinski definition) is 5. The van der Waals surface area contributed by atoms with Gasteiger partial charge in [0.05, 0.1) is 6.04 Å². The first-order chi connectivity index (χ1) is 11.0. The molecule has 7 heteroatoms. The van der Waals surface area contributed by atoms with E-state index in [4.69, 9.17) is 0 Å². The Morgan fingerprint density at radius 2 is 1.96 bits per heavy atom. The van der Waals surface area contributed by atoms with Gasteiger partial charge in [-0.15, -0.1) is 5.10 Å². The van der Waals surface area contributed by atoms with Gasteiger partial charge in [-0.2, -0.15) is 0 Å². The lowest BCUT2D eigenvalue weighted by atomic mass is 9.93. The maximum absolute atomic E-state index is 12.2. The quantitative estimate of drug-likeness (QED) is 0.871. The Labute approximate surface area is 134 Å². The van der Waals surface area contributed by atoms with Crippen molar-refractivity contribution >= 4 is 5.82 Å². The summed E-state index contributed by atoms with van der Waals surface area (Å²) in [5.41, 5.74) is 1.79. The minimum absolute atomic E-state index is 0.170. The molecular weight excluding hydrogens is 294 g/mol. The summed E-state index contributed by atoms with van der Waals surface area (Å²) in [4.78, 5) is 26.1. The number of likely N-dealkylation sites (N-methyl/N-ethyl adjacent to an activating group) is 1. The zero-order valence-corrected chi connectivity index (χ0v) is 13.6. The molecule has 0 amide bonds. The number of rotatable bonds is 3. The number of aromatic nitrogens is 3. The van der Waals surface area contributed by atoms with Gasteiger partial charge in [-0.25, -0.2) is 9.48 Å². The molecule has 1 aliphatic heterocycles. The second kappa shape index (κ2) is 6.00. The topological polar surface area (TPSA) is 72.2 Å². The predicted octanol–water partition coefficient (Wildman–Crippen LogP) is 0.120. The average molecular weight is 315 g/mol. The van der Waals surface area contributed by atoms with Gasteiger partial charge in [-0.1, -0.05) is 24.3 Å².